The Morgan fingerprint density at radius 3 is 2.60 bits per heavy atom. The van der Waals surface area contributed by atoms with Crippen molar-refractivity contribution in [2.24, 2.45) is 0 Å². The molecule has 3 aromatic rings. The number of halogens is 1. The van der Waals surface area contributed by atoms with Crippen LogP contribution in [-0.2, 0) is 0 Å². The number of anilines is 1. The first-order chi connectivity index (χ1) is 9.65. The third kappa shape index (κ3) is 2.21. The lowest BCUT2D eigenvalue weighted by Crippen LogP contribution is -2.14. The number of aryl methyl sites for hydroxylation is 1. The molecule has 0 aliphatic rings. The van der Waals surface area contributed by atoms with E-state index in [1.807, 2.05) is 12.1 Å². The molecule has 1 N–H and O–H groups in total. The smallest absolute Gasteiger partial charge is 0.294 e. The Labute approximate surface area is 118 Å². The summed E-state index contributed by atoms with van der Waals surface area (Å²) in [6.45, 7) is 1.67. The molecular weight excluding hydrogens is 280 g/mol. The van der Waals surface area contributed by atoms with E-state index in [2.05, 4.69) is 20.3 Å². The zero-order valence-corrected chi connectivity index (χ0v) is 11.2. The number of amides is 1. The van der Waals surface area contributed by atoms with E-state index in [0.29, 0.717) is 16.7 Å². The molecule has 0 aliphatic heterocycles. The molecule has 1 aromatic carbocycles. The monoisotopic (exact) mass is 288 g/mol. The number of oxazole rings is 1. The second kappa shape index (κ2) is 4.90. The van der Waals surface area contributed by atoms with E-state index < -0.39 is 5.91 Å². The number of benzene rings is 1. The van der Waals surface area contributed by atoms with Gasteiger partial charge in [-0.05, 0) is 19.1 Å². The third-order valence-electron chi connectivity index (χ3n) is 2.71. The summed E-state index contributed by atoms with van der Waals surface area (Å²) < 4.78 is 5.01. The Morgan fingerprint density at radius 1 is 1.25 bits per heavy atom. The number of fused-ring (bicyclic) bond motifs is 1. The Balaban J connectivity index is 1.96. The molecule has 0 atom stereocenters. The van der Waals surface area contributed by atoms with Crippen LogP contribution in [0, 0.1) is 6.92 Å². The minimum atomic E-state index is -0.466. The summed E-state index contributed by atoms with van der Waals surface area (Å²) in [5.74, 6) is -0.159. The van der Waals surface area contributed by atoms with Gasteiger partial charge in [-0.15, -0.1) is 0 Å². The highest BCUT2D eigenvalue weighted by Crippen LogP contribution is 2.21. The average molecular weight is 289 g/mol. The van der Waals surface area contributed by atoms with Gasteiger partial charge in [-0.3, -0.25) is 4.79 Å². The summed E-state index contributed by atoms with van der Waals surface area (Å²) in [6, 6.07) is 7.25. The first kappa shape index (κ1) is 12.6. The molecule has 3 rings (SSSR count). The largest absolute Gasteiger partial charge is 0.438 e. The van der Waals surface area contributed by atoms with E-state index in [9.17, 15) is 4.79 Å². The molecule has 1 amide bonds. The van der Waals surface area contributed by atoms with Crippen LogP contribution >= 0.6 is 11.6 Å². The van der Waals surface area contributed by atoms with Gasteiger partial charge in [0.05, 0.1) is 16.7 Å². The quantitative estimate of drug-likeness (QED) is 0.784. The van der Waals surface area contributed by atoms with Crippen molar-refractivity contribution in [3.63, 3.8) is 0 Å². The maximum Gasteiger partial charge on any atom is 0.294 e. The van der Waals surface area contributed by atoms with Crippen LogP contribution in [0.4, 0.5) is 5.82 Å². The van der Waals surface area contributed by atoms with E-state index in [0.717, 1.165) is 0 Å². The molecule has 20 heavy (non-hydrogen) atoms. The number of hydrogen-bond donors (Lipinski definition) is 1. The number of rotatable bonds is 2. The summed E-state index contributed by atoms with van der Waals surface area (Å²) in [4.78, 5) is 24.3. The molecule has 100 valence electrons. The van der Waals surface area contributed by atoms with Crippen molar-refractivity contribution in [2.75, 3.05) is 5.32 Å². The van der Waals surface area contributed by atoms with Crippen molar-refractivity contribution < 1.29 is 9.21 Å². The van der Waals surface area contributed by atoms with Gasteiger partial charge in [0, 0.05) is 0 Å². The normalized spacial score (nSPS) is 10.7. The van der Waals surface area contributed by atoms with Crippen LogP contribution in [0.2, 0.25) is 5.15 Å². The molecule has 2 aromatic heterocycles. The number of para-hydroxylation sites is 2. The van der Waals surface area contributed by atoms with E-state index in [1.165, 1.54) is 6.39 Å². The van der Waals surface area contributed by atoms with Crippen LogP contribution in [0.15, 0.2) is 35.1 Å². The van der Waals surface area contributed by atoms with Crippen LogP contribution < -0.4 is 5.32 Å². The fourth-order valence-electron chi connectivity index (χ4n) is 1.74. The van der Waals surface area contributed by atoms with Crippen molar-refractivity contribution >= 4 is 34.4 Å². The lowest BCUT2D eigenvalue weighted by molar-refractivity contribution is 0.0995. The van der Waals surface area contributed by atoms with E-state index in [4.69, 9.17) is 16.0 Å². The predicted molar refractivity (Wildman–Crippen MR) is 73.7 cm³/mol. The van der Waals surface area contributed by atoms with Crippen molar-refractivity contribution in [3.05, 3.63) is 47.3 Å². The number of nitrogens with zero attached hydrogens (tertiary/aromatic N) is 3. The first-order valence-electron chi connectivity index (χ1n) is 5.79. The zero-order chi connectivity index (χ0) is 14.1. The van der Waals surface area contributed by atoms with Crippen molar-refractivity contribution in [1.82, 2.24) is 15.0 Å². The second-order valence-electron chi connectivity index (χ2n) is 4.07. The van der Waals surface area contributed by atoms with Gasteiger partial charge in [0.2, 0.25) is 5.76 Å². The van der Waals surface area contributed by atoms with Crippen LogP contribution in [0.1, 0.15) is 16.2 Å². The van der Waals surface area contributed by atoms with Gasteiger partial charge >= 0.3 is 0 Å². The first-order valence-corrected chi connectivity index (χ1v) is 6.16. The van der Waals surface area contributed by atoms with Gasteiger partial charge in [-0.2, -0.15) is 0 Å². The number of carbonyl (C=O) groups excluding carboxylic acids is 1. The van der Waals surface area contributed by atoms with Crippen LogP contribution in [0.5, 0.6) is 0 Å². The lowest BCUT2D eigenvalue weighted by Gasteiger charge is -2.06. The van der Waals surface area contributed by atoms with Gasteiger partial charge in [0.15, 0.2) is 17.4 Å². The Morgan fingerprint density at radius 2 is 1.95 bits per heavy atom. The zero-order valence-electron chi connectivity index (χ0n) is 10.4. The molecule has 0 saturated carbocycles. The summed E-state index contributed by atoms with van der Waals surface area (Å²) >= 11 is 6.01. The molecule has 7 heteroatoms. The van der Waals surface area contributed by atoms with Gasteiger partial charge in [0.25, 0.3) is 5.91 Å². The number of carbonyl (C=O) groups is 1. The highest BCUT2D eigenvalue weighted by molar-refractivity contribution is 6.32. The molecule has 0 fully saturated rings. The molecule has 0 radical (unpaired) electrons. The molecule has 2 heterocycles. The minimum absolute atomic E-state index is 0.120. The summed E-state index contributed by atoms with van der Waals surface area (Å²) in [5, 5.41) is 2.69. The Kier molecular flexibility index (Phi) is 3.08. The SMILES string of the molecule is Cc1ncoc1C(=O)Nc1nc2ccccc2nc1Cl. The van der Waals surface area contributed by atoms with E-state index >= 15 is 0 Å². The number of hydrogen-bond acceptors (Lipinski definition) is 5. The van der Waals surface area contributed by atoms with Gasteiger partial charge in [-0.1, -0.05) is 23.7 Å². The average Bonchev–Trinajstić information content (AvgIpc) is 2.86. The molecule has 6 nitrogen and oxygen atoms in total. The fraction of sp³-hybridized carbons (Fsp3) is 0.0769. The van der Waals surface area contributed by atoms with Gasteiger partial charge in [0.1, 0.15) is 0 Å². The standard InChI is InChI=1S/C13H9ClN4O2/c1-7-10(20-6-15-7)13(19)18-12-11(14)16-8-4-2-3-5-9(8)17-12/h2-6H,1H3,(H,17,18,19). The van der Waals surface area contributed by atoms with E-state index in [1.54, 1.807) is 19.1 Å². The molecule has 0 spiro atoms. The summed E-state index contributed by atoms with van der Waals surface area (Å²) in [7, 11) is 0. The van der Waals surface area contributed by atoms with Crippen molar-refractivity contribution in [3.8, 4) is 0 Å². The Hall–Kier alpha value is -2.47. The maximum absolute atomic E-state index is 12.0. The minimum Gasteiger partial charge on any atom is -0.438 e. The molecular formula is C13H9ClN4O2. The summed E-state index contributed by atoms with van der Waals surface area (Å²) in [6.07, 6.45) is 1.21. The van der Waals surface area contributed by atoms with Crippen molar-refractivity contribution in [1.29, 1.82) is 0 Å². The number of aromatic nitrogens is 3. The highest BCUT2D eigenvalue weighted by atomic mass is 35.5. The van der Waals surface area contributed by atoms with Crippen LogP contribution in [0.25, 0.3) is 11.0 Å². The predicted octanol–water partition coefficient (Wildman–Crippen LogP) is 2.83. The summed E-state index contributed by atoms with van der Waals surface area (Å²) in [5.41, 5.74) is 1.79. The molecule has 0 saturated heterocycles. The fourth-order valence-corrected chi connectivity index (χ4v) is 1.92. The second-order valence-corrected chi connectivity index (χ2v) is 4.43. The molecule has 0 bridgehead atoms. The topological polar surface area (TPSA) is 80.9 Å². The highest BCUT2D eigenvalue weighted by Gasteiger charge is 2.17. The lowest BCUT2D eigenvalue weighted by atomic mass is 10.3. The number of nitrogens with one attached hydrogen (secondary N) is 1. The van der Waals surface area contributed by atoms with E-state index in [-0.39, 0.29) is 16.7 Å². The third-order valence-corrected chi connectivity index (χ3v) is 2.98. The maximum atomic E-state index is 12.0. The van der Waals surface area contributed by atoms with Gasteiger partial charge < -0.3 is 9.73 Å². The van der Waals surface area contributed by atoms with Crippen LogP contribution in [0.3, 0.4) is 0 Å². The Bertz CT molecular complexity index is 800. The molecule has 0 unspecified atom stereocenters. The van der Waals surface area contributed by atoms with Gasteiger partial charge in [-0.25, -0.2) is 15.0 Å². The van der Waals surface area contributed by atoms with Crippen LogP contribution in [-0.4, -0.2) is 20.9 Å². The molecule has 0 aliphatic carbocycles. The van der Waals surface area contributed by atoms with Crippen molar-refractivity contribution in [2.45, 2.75) is 6.92 Å².